The van der Waals surface area contributed by atoms with Crippen molar-refractivity contribution < 1.29 is 4.42 Å². The van der Waals surface area contributed by atoms with Crippen LogP contribution in [0.15, 0.2) is 45.5 Å². The summed E-state index contributed by atoms with van der Waals surface area (Å²) < 4.78 is 6.31. The van der Waals surface area contributed by atoms with Crippen LogP contribution >= 0.6 is 15.9 Å². The standard InChI is InChI=1S/C12H12BrNO/c1-9-3-2-4-10(7-9)14-8-12-11(13)5-6-15-12/h2-7,14H,8H2,1H3. The topological polar surface area (TPSA) is 25.2 Å². The maximum absolute atomic E-state index is 5.31. The molecular weight excluding hydrogens is 254 g/mol. The summed E-state index contributed by atoms with van der Waals surface area (Å²) in [6.07, 6.45) is 1.68. The van der Waals surface area contributed by atoms with Crippen molar-refractivity contribution in [3.8, 4) is 0 Å². The summed E-state index contributed by atoms with van der Waals surface area (Å²) >= 11 is 3.42. The molecule has 0 radical (unpaired) electrons. The zero-order valence-electron chi connectivity index (χ0n) is 8.46. The Kier molecular flexibility index (Phi) is 3.11. The van der Waals surface area contributed by atoms with E-state index < -0.39 is 0 Å². The summed E-state index contributed by atoms with van der Waals surface area (Å²) in [5, 5.41) is 3.30. The molecule has 2 rings (SSSR count). The highest BCUT2D eigenvalue weighted by atomic mass is 79.9. The van der Waals surface area contributed by atoms with Crippen molar-refractivity contribution in [3.05, 3.63) is 52.4 Å². The van der Waals surface area contributed by atoms with Gasteiger partial charge < -0.3 is 9.73 Å². The van der Waals surface area contributed by atoms with E-state index in [1.807, 2.05) is 18.2 Å². The first-order valence-corrected chi connectivity index (χ1v) is 5.57. The second kappa shape index (κ2) is 4.53. The number of benzene rings is 1. The smallest absolute Gasteiger partial charge is 0.136 e. The summed E-state index contributed by atoms with van der Waals surface area (Å²) in [5.74, 6) is 0.913. The summed E-state index contributed by atoms with van der Waals surface area (Å²) in [6.45, 7) is 2.77. The number of hydrogen-bond donors (Lipinski definition) is 1. The first-order valence-electron chi connectivity index (χ1n) is 4.78. The van der Waals surface area contributed by atoms with Crippen molar-refractivity contribution in [1.29, 1.82) is 0 Å². The Morgan fingerprint density at radius 3 is 2.87 bits per heavy atom. The maximum Gasteiger partial charge on any atom is 0.136 e. The van der Waals surface area contributed by atoms with Crippen molar-refractivity contribution in [2.45, 2.75) is 13.5 Å². The largest absolute Gasteiger partial charge is 0.466 e. The molecule has 0 bridgehead atoms. The Morgan fingerprint density at radius 1 is 1.33 bits per heavy atom. The molecule has 2 aromatic rings. The molecule has 78 valence electrons. The molecule has 0 spiro atoms. The zero-order chi connectivity index (χ0) is 10.7. The molecule has 0 fully saturated rings. The average molecular weight is 266 g/mol. The van der Waals surface area contributed by atoms with Crippen molar-refractivity contribution in [2.24, 2.45) is 0 Å². The Hall–Kier alpha value is -1.22. The van der Waals surface area contributed by atoms with E-state index in [1.54, 1.807) is 6.26 Å². The fraction of sp³-hybridized carbons (Fsp3) is 0.167. The van der Waals surface area contributed by atoms with Gasteiger partial charge in [0.25, 0.3) is 0 Å². The van der Waals surface area contributed by atoms with E-state index in [0.717, 1.165) is 15.9 Å². The lowest BCUT2D eigenvalue weighted by atomic mass is 10.2. The van der Waals surface area contributed by atoms with Crippen molar-refractivity contribution >= 4 is 21.6 Å². The first kappa shape index (κ1) is 10.3. The molecule has 1 N–H and O–H groups in total. The van der Waals surface area contributed by atoms with E-state index in [1.165, 1.54) is 5.56 Å². The second-order valence-electron chi connectivity index (χ2n) is 3.41. The Bertz CT molecular complexity index is 450. The minimum Gasteiger partial charge on any atom is -0.466 e. The summed E-state index contributed by atoms with van der Waals surface area (Å²) in [5.41, 5.74) is 2.36. The van der Waals surface area contributed by atoms with Crippen LogP contribution in [0.4, 0.5) is 5.69 Å². The number of aryl methyl sites for hydroxylation is 1. The Morgan fingerprint density at radius 2 is 2.20 bits per heavy atom. The number of furan rings is 1. The molecule has 15 heavy (non-hydrogen) atoms. The van der Waals surface area contributed by atoms with Crippen LogP contribution in [0, 0.1) is 6.92 Å². The Labute approximate surface area is 97.4 Å². The van der Waals surface area contributed by atoms with Crippen LogP contribution in [0.2, 0.25) is 0 Å². The van der Waals surface area contributed by atoms with Crippen LogP contribution in [-0.2, 0) is 6.54 Å². The number of halogens is 1. The third-order valence-corrected chi connectivity index (χ3v) is 2.87. The molecule has 0 saturated heterocycles. The van der Waals surface area contributed by atoms with Crippen molar-refractivity contribution in [2.75, 3.05) is 5.32 Å². The van der Waals surface area contributed by atoms with Crippen molar-refractivity contribution in [3.63, 3.8) is 0 Å². The third kappa shape index (κ3) is 2.63. The van der Waals surface area contributed by atoms with Crippen LogP contribution in [0.1, 0.15) is 11.3 Å². The highest BCUT2D eigenvalue weighted by Gasteiger charge is 2.02. The predicted octanol–water partition coefficient (Wildman–Crippen LogP) is 3.96. The summed E-state index contributed by atoms with van der Waals surface area (Å²) in [7, 11) is 0. The summed E-state index contributed by atoms with van der Waals surface area (Å²) in [6, 6.07) is 10.2. The second-order valence-corrected chi connectivity index (χ2v) is 4.27. The fourth-order valence-corrected chi connectivity index (χ4v) is 1.73. The van der Waals surface area contributed by atoms with Gasteiger partial charge in [-0.25, -0.2) is 0 Å². The van der Waals surface area contributed by atoms with E-state index in [4.69, 9.17) is 4.42 Å². The van der Waals surface area contributed by atoms with Crippen molar-refractivity contribution in [1.82, 2.24) is 0 Å². The molecule has 0 aliphatic carbocycles. The van der Waals surface area contributed by atoms with Gasteiger partial charge in [-0.2, -0.15) is 0 Å². The third-order valence-electron chi connectivity index (χ3n) is 2.16. The van der Waals surface area contributed by atoms with E-state index >= 15 is 0 Å². The fourth-order valence-electron chi connectivity index (χ4n) is 1.39. The van der Waals surface area contributed by atoms with Gasteiger partial charge in [-0.3, -0.25) is 0 Å². The van der Waals surface area contributed by atoms with Gasteiger partial charge in [0.1, 0.15) is 5.76 Å². The van der Waals surface area contributed by atoms with Crippen LogP contribution in [0.3, 0.4) is 0 Å². The van der Waals surface area contributed by atoms with Crippen LogP contribution < -0.4 is 5.32 Å². The van der Waals surface area contributed by atoms with E-state index in [2.05, 4.69) is 40.3 Å². The van der Waals surface area contributed by atoms with Gasteiger partial charge in [-0.05, 0) is 46.6 Å². The van der Waals surface area contributed by atoms with Crippen LogP contribution in [-0.4, -0.2) is 0 Å². The van der Waals surface area contributed by atoms with Gasteiger partial charge in [0.2, 0.25) is 0 Å². The highest BCUT2D eigenvalue weighted by Crippen LogP contribution is 2.19. The molecule has 1 aromatic carbocycles. The lowest BCUT2D eigenvalue weighted by molar-refractivity contribution is 0.516. The molecular formula is C12H12BrNO. The highest BCUT2D eigenvalue weighted by molar-refractivity contribution is 9.10. The van der Waals surface area contributed by atoms with Gasteiger partial charge >= 0.3 is 0 Å². The number of hydrogen-bond acceptors (Lipinski definition) is 2. The quantitative estimate of drug-likeness (QED) is 0.909. The normalized spacial score (nSPS) is 10.3. The number of rotatable bonds is 3. The number of anilines is 1. The van der Waals surface area contributed by atoms with E-state index in [9.17, 15) is 0 Å². The van der Waals surface area contributed by atoms with Gasteiger partial charge in [0.15, 0.2) is 0 Å². The van der Waals surface area contributed by atoms with Crippen LogP contribution in [0.25, 0.3) is 0 Å². The first-order chi connectivity index (χ1) is 7.25. The van der Waals surface area contributed by atoms with E-state index in [0.29, 0.717) is 6.54 Å². The van der Waals surface area contributed by atoms with Gasteiger partial charge in [0, 0.05) is 5.69 Å². The molecule has 0 aliphatic rings. The molecule has 3 heteroatoms. The lowest BCUT2D eigenvalue weighted by Crippen LogP contribution is -1.98. The summed E-state index contributed by atoms with van der Waals surface area (Å²) in [4.78, 5) is 0. The minimum atomic E-state index is 0.692. The van der Waals surface area contributed by atoms with Crippen LogP contribution in [0.5, 0.6) is 0 Å². The predicted molar refractivity (Wildman–Crippen MR) is 64.9 cm³/mol. The molecule has 0 saturated carbocycles. The molecule has 1 aromatic heterocycles. The molecule has 0 unspecified atom stereocenters. The van der Waals surface area contributed by atoms with E-state index in [-0.39, 0.29) is 0 Å². The Balaban J connectivity index is 2.02. The maximum atomic E-state index is 5.31. The molecule has 0 aliphatic heterocycles. The number of nitrogens with one attached hydrogen (secondary N) is 1. The van der Waals surface area contributed by atoms with Gasteiger partial charge in [-0.1, -0.05) is 12.1 Å². The molecule has 1 heterocycles. The zero-order valence-corrected chi connectivity index (χ0v) is 10.0. The SMILES string of the molecule is Cc1cccc(NCc2occc2Br)c1. The van der Waals surface area contributed by atoms with Gasteiger partial charge in [0.05, 0.1) is 17.3 Å². The van der Waals surface area contributed by atoms with Gasteiger partial charge in [-0.15, -0.1) is 0 Å². The monoisotopic (exact) mass is 265 g/mol. The molecule has 0 atom stereocenters. The lowest BCUT2D eigenvalue weighted by Gasteiger charge is -2.05. The minimum absolute atomic E-state index is 0.692. The molecule has 0 amide bonds. The molecule has 2 nitrogen and oxygen atoms in total. The average Bonchev–Trinajstić information content (AvgIpc) is 2.61.